The van der Waals surface area contributed by atoms with Gasteiger partial charge in [-0.25, -0.2) is 0 Å². The lowest BCUT2D eigenvalue weighted by Crippen LogP contribution is -2.32. The normalized spacial score (nSPS) is 11.8. The van der Waals surface area contributed by atoms with Gasteiger partial charge in [-0.05, 0) is 48.6 Å². The van der Waals surface area contributed by atoms with Gasteiger partial charge in [0.15, 0.2) is 0 Å². The Kier molecular flexibility index (Phi) is 5.73. The van der Waals surface area contributed by atoms with Gasteiger partial charge in [0, 0.05) is 21.8 Å². The molecule has 1 heterocycles. The number of hydrogen-bond acceptors (Lipinski definition) is 3. The van der Waals surface area contributed by atoms with Crippen molar-refractivity contribution in [3.63, 3.8) is 0 Å². The zero-order valence-corrected chi connectivity index (χ0v) is 16.7. The number of H-pyrrole nitrogens is 1. The highest BCUT2D eigenvalue weighted by Gasteiger charge is 2.33. The maximum Gasteiger partial charge on any atom is 0.318 e. The number of hydrogen-bond donors (Lipinski definition) is 2. The number of carbonyl (C=O) groups is 2. The van der Waals surface area contributed by atoms with Crippen molar-refractivity contribution in [3.8, 4) is 0 Å². The maximum absolute atomic E-state index is 12.1. The van der Waals surface area contributed by atoms with Gasteiger partial charge in [-0.3, -0.25) is 9.59 Å². The first-order valence-electron chi connectivity index (χ1n) is 9.91. The first-order valence-corrected chi connectivity index (χ1v) is 9.91. The number of benzene rings is 2. The molecule has 0 aliphatic rings. The van der Waals surface area contributed by atoms with Crippen LogP contribution >= 0.6 is 0 Å². The second kappa shape index (κ2) is 8.05. The number of aromatic nitrogens is 1. The fraction of sp³-hybridized carbons (Fsp3) is 0.391. The molecule has 0 unspecified atom stereocenters. The summed E-state index contributed by atoms with van der Waals surface area (Å²) < 4.78 is 5.67. The largest absolute Gasteiger partial charge is 0.481 e. The Bertz CT molecular complexity index is 1010. The molecule has 0 radical (unpaired) electrons. The molecule has 5 heteroatoms. The van der Waals surface area contributed by atoms with E-state index in [1.165, 1.54) is 10.9 Å². The molecule has 2 aromatic carbocycles. The van der Waals surface area contributed by atoms with Crippen LogP contribution in [-0.4, -0.2) is 22.0 Å². The third kappa shape index (κ3) is 3.75. The smallest absolute Gasteiger partial charge is 0.318 e. The number of rotatable bonds is 8. The lowest BCUT2D eigenvalue weighted by Gasteiger charge is -2.32. The molecule has 0 bridgehead atoms. The standard InChI is InChI=1S/C23H27NO4/c1-4-7-15-8-11-19-18(12-15)17-10-9-16(13-20(17)24-19)23(5-2,6-3)28-22(27)14-21(25)26/h8-13,24H,4-7,14H2,1-3H3,(H,25,26). The van der Waals surface area contributed by atoms with Crippen LogP contribution in [0.15, 0.2) is 36.4 Å². The summed E-state index contributed by atoms with van der Waals surface area (Å²) in [5.41, 5.74) is 3.43. The molecule has 0 fully saturated rings. The van der Waals surface area contributed by atoms with Crippen LogP contribution < -0.4 is 0 Å². The molecule has 3 rings (SSSR count). The van der Waals surface area contributed by atoms with Gasteiger partial charge in [0.1, 0.15) is 12.0 Å². The van der Waals surface area contributed by atoms with E-state index in [1.54, 1.807) is 0 Å². The van der Waals surface area contributed by atoms with E-state index >= 15 is 0 Å². The number of nitrogens with one attached hydrogen (secondary N) is 1. The summed E-state index contributed by atoms with van der Waals surface area (Å²) in [6.45, 7) is 6.07. The molecule has 0 amide bonds. The summed E-state index contributed by atoms with van der Waals surface area (Å²) in [5.74, 6) is -1.89. The van der Waals surface area contributed by atoms with Crippen LogP contribution in [-0.2, 0) is 26.3 Å². The molecule has 1 aromatic heterocycles. The lowest BCUT2D eigenvalue weighted by molar-refractivity contribution is -0.165. The molecule has 0 saturated carbocycles. The highest BCUT2D eigenvalue weighted by molar-refractivity contribution is 6.07. The van der Waals surface area contributed by atoms with Crippen LogP contribution in [0, 0.1) is 0 Å². The minimum atomic E-state index is -1.18. The number of aromatic amines is 1. The van der Waals surface area contributed by atoms with E-state index in [0.29, 0.717) is 12.8 Å². The molecule has 0 spiro atoms. The number of aryl methyl sites for hydroxylation is 1. The van der Waals surface area contributed by atoms with Crippen LogP contribution in [0.2, 0.25) is 0 Å². The second-order valence-corrected chi connectivity index (χ2v) is 7.26. The first kappa shape index (κ1) is 19.9. The minimum absolute atomic E-state index is 0.571. The number of carbonyl (C=O) groups excluding carboxylic acids is 1. The predicted molar refractivity (Wildman–Crippen MR) is 110 cm³/mol. The molecule has 0 aliphatic carbocycles. The molecule has 5 nitrogen and oxygen atoms in total. The molecule has 148 valence electrons. The van der Waals surface area contributed by atoms with Crippen molar-refractivity contribution >= 4 is 33.7 Å². The van der Waals surface area contributed by atoms with Crippen molar-refractivity contribution in [2.45, 2.75) is 58.5 Å². The van der Waals surface area contributed by atoms with Gasteiger partial charge in [0.05, 0.1) is 0 Å². The summed E-state index contributed by atoms with van der Waals surface area (Å²) in [4.78, 5) is 26.4. The summed E-state index contributed by atoms with van der Waals surface area (Å²) in [7, 11) is 0. The summed E-state index contributed by atoms with van der Waals surface area (Å²) in [5, 5.41) is 11.2. The van der Waals surface area contributed by atoms with Gasteiger partial charge in [0.25, 0.3) is 0 Å². The minimum Gasteiger partial charge on any atom is -0.481 e. The van der Waals surface area contributed by atoms with Crippen LogP contribution in [0.25, 0.3) is 21.8 Å². The van der Waals surface area contributed by atoms with E-state index in [4.69, 9.17) is 9.84 Å². The van der Waals surface area contributed by atoms with Crippen LogP contribution in [0.4, 0.5) is 0 Å². The topological polar surface area (TPSA) is 79.4 Å². The van der Waals surface area contributed by atoms with Gasteiger partial charge in [-0.15, -0.1) is 0 Å². The number of esters is 1. The highest BCUT2D eigenvalue weighted by atomic mass is 16.6. The Labute approximate surface area is 164 Å². The van der Waals surface area contributed by atoms with Crippen molar-refractivity contribution in [3.05, 3.63) is 47.5 Å². The Morgan fingerprint density at radius 3 is 2.39 bits per heavy atom. The van der Waals surface area contributed by atoms with E-state index in [9.17, 15) is 9.59 Å². The van der Waals surface area contributed by atoms with Crippen LogP contribution in [0.5, 0.6) is 0 Å². The highest BCUT2D eigenvalue weighted by Crippen LogP contribution is 2.36. The van der Waals surface area contributed by atoms with Gasteiger partial charge in [0.2, 0.25) is 0 Å². The molecule has 0 aliphatic heterocycles. The quantitative estimate of drug-likeness (QED) is 0.409. The van der Waals surface area contributed by atoms with E-state index in [0.717, 1.165) is 34.8 Å². The summed E-state index contributed by atoms with van der Waals surface area (Å²) in [6, 6.07) is 12.6. The fourth-order valence-electron chi connectivity index (χ4n) is 3.92. The molecule has 28 heavy (non-hydrogen) atoms. The fourth-order valence-corrected chi connectivity index (χ4v) is 3.92. The lowest BCUT2D eigenvalue weighted by atomic mass is 9.87. The Hall–Kier alpha value is -2.82. The van der Waals surface area contributed by atoms with E-state index in [1.807, 2.05) is 26.0 Å². The number of ether oxygens (including phenoxy) is 1. The maximum atomic E-state index is 12.1. The van der Waals surface area contributed by atoms with Crippen molar-refractivity contribution in [2.75, 3.05) is 0 Å². The zero-order chi connectivity index (χ0) is 20.3. The molecule has 3 aromatic rings. The van der Waals surface area contributed by atoms with Gasteiger partial charge >= 0.3 is 11.9 Å². The molecular formula is C23H27NO4. The average Bonchev–Trinajstić information content (AvgIpc) is 3.03. The number of carboxylic acid groups (broad SMARTS) is 1. The predicted octanol–water partition coefficient (Wildman–Crippen LogP) is 5.31. The van der Waals surface area contributed by atoms with Gasteiger partial charge in [-0.2, -0.15) is 0 Å². The second-order valence-electron chi connectivity index (χ2n) is 7.26. The van der Waals surface area contributed by atoms with E-state index in [2.05, 4.69) is 36.2 Å². The van der Waals surface area contributed by atoms with Crippen molar-refractivity contribution < 1.29 is 19.4 Å². The van der Waals surface area contributed by atoms with E-state index < -0.39 is 24.0 Å². The summed E-state index contributed by atoms with van der Waals surface area (Å²) in [6.07, 6.45) is 2.67. The first-order chi connectivity index (χ1) is 13.4. The zero-order valence-electron chi connectivity index (χ0n) is 16.7. The van der Waals surface area contributed by atoms with Crippen LogP contribution in [0.3, 0.4) is 0 Å². The number of carboxylic acids is 1. The number of aliphatic carboxylic acids is 1. The average molecular weight is 381 g/mol. The molecule has 0 atom stereocenters. The molecule has 0 saturated heterocycles. The Balaban J connectivity index is 2.04. The third-order valence-electron chi connectivity index (χ3n) is 5.47. The molecule has 2 N–H and O–H groups in total. The van der Waals surface area contributed by atoms with Gasteiger partial charge < -0.3 is 14.8 Å². The third-order valence-corrected chi connectivity index (χ3v) is 5.47. The van der Waals surface area contributed by atoms with Crippen LogP contribution in [0.1, 0.15) is 57.6 Å². The monoisotopic (exact) mass is 381 g/mol. The van der Waals surface area contributed by atoms with E-state index in [-0.39, 0.29) is 0 Å². The SMILES string of the molecule is CCCc1ccc2[nH]c3cc(C(CC)(CC)OC(=O)CC(=O)O)ccc3c2c1. The van der Waals surface area contributed by atoms with Crippen molar-refractivity contribution in [2.24, 2.45) is 0 Å². The van der Waals surface area contributed by atoms with Gasteiger partial charge in [-0.1, -0.05) is 45.4 Å². The Morgan fingerprint density at radius 1 is 1.00 bits per heavy atom. The van der Waals surface area contributed by atoms with Crippen molar-refractivity contribution in [1.29, 1.82) is 0 Å². The Morgan fingerprint density at radius 2 is 1.75 bits per heavy atom. The number of fused-ring (bicyclic) bond motifs is 3. The summed E-state index contributed by atoms with van der Waals surface area (Å²) >= 11 is 0. The molecular weight excluding hydrogens is 354 g/mol. The van der Waals surface area contributed by atoms with Crippen molar-refractivity contribution in [1.82, 2.24) is 4.98 Å².